The quantitative estimate of drug-likeness (QED) is 0.873. The topological polar surface area (TPSA) is 35.2 Å². The highest BCUT2D eigenvalue weighted by Crippen LogP contribution is 2.41. The smallest absolute Gasteiger partial charge is 0.123 e. The zero-order chi connectivity index (χ0) is 12.5. The van der Waals surface area contributed by atoms with E-state index in [1.165, 1.54) is 6.07 Å². The molecule has 0 amide bonds. The van der Waals surface area contributed by atoms with Gasteiger partial charge in [0.1, 0.15) is 5.82 Å². The summed E-state index contributed by atoms with van der Waals surface area (Å²) in [6, 6.07) is 4.97. The first-order valence-electron chi connectivity index (χ1n) is 6.14. The summed E-state index contributed by atoms with van der Waals surface area (Å²) in [7, 11) is 1.70. The molecular weight excluding hydrogens is 217 g/mol. The van der Waals surface area contributed by atoms with Crippen LogP contribution in [-0.2, 0) is 16.7 Å². The van der Waals surface area contributed by atoms with Gasteiger partial charge < -0.3 is 10.5 Å². The molecule has 0 saturated heterocycles. The molecule has 0 aliphatic heterocycles. The van der Waals surface area contributed by atoms with Gasteiger partial charge in [0.25, 0.3) is 0 Å². The second-order valence-corrected chi connectivity index (χ2v) is 5.02. The minimum Gasteiger partial charge on any atom is -0.385 e. The Bertz CT molecular complexity index is 407. The van der Waals surface area contributed by atoms with E-state index in [4.69, 9.17) is 10.5 Å². The maximum atomic E-state index is 13.2. The highest BCUT2D eigenvalue weighted by atomic mass is 19.1. The third-order valence-electron chi connectivity index (χ3n) is 4.01. The van der Waals surface area contributed by atoms with Crippen molar-refractivity contribution in [2.45, 2.75) is 31.7 Å². The molecule has 0 bridgehead atoms. The summed E-state index contributed by atoms with van der Waals surface area (Å²) in [4.78, 5) is 0. The maximum absolute atomic E-state index is 13.2. The van der Waals surface area contributed by atoms with E-state index in [0.717, 1.165) is 37.0 Å². The predicted molar refractivity (Wildman–Crippen MR) is 66.2 cm³/mol. The molecule has 94 valence electrons. The number of aryl methyl sites for hydroxylation is 1. The average molecular weight is 237 g/mol. The van der Waals surface area contributed by atoms with Crippen LogP contribution in [0.1, 0.15) is 30.9 Å². The van der Waals surface area contributed by atoms with Crippen molar-refractivity contribution in [1.82, 2.24) is 0 Å². The van der Waals surface area contributed by atoms with E-state index in [-0.39, 0.29) is 11.4 Å². The largest absolute Gasteiger partial charge is 0.385 e. The molecule has 2 rings (SSSR count). The molecule has 0 fully saturated rings. The summed E-state index contributed by atoms with van der Waals surface area (Å²) in [5, 5.41) is 0. The molecule has 0 radical (unpaired) electrons. The Morgan fingerprint density at radius 2 is 2.29 bits per heavy atom. The fourth-order valence-corrected chi connectivity index (χ4v) is 2.76. The lowest BCUT2D eigenvalue weighted by Crippen LogP contribution is -2.41. The number of hydrogen-bond acceptors (Lipinski definition) is 2. The third-order valence-corrected chi connectivity index (χ3v) is 4.01. The lowest BCUT2D eigenvalue weighted by molar-refractivity contribution is 0.154. The molecule has 0 heterocycles. The van der Waals surface area contributed by atoms with Crippen molar-refractivity contribution in [3.63, 3.8) is 0 Å². The van der Waals surface area contributed by atoms with E-state index in [1.54, 1.807) is 13.2 Å². The van der Waals surface area contributed by atoms with E-state index in [2.05, 4.69) is 6.92 Å². The summed E-state index contributed by atoms with van der Waals surface area (Å²) < 4.78 is 18.3. The van der Waals surface area contributed by atoms with Crippen molar-refractivity contribution in [2.24, 2.45) is 11.7 Å². The molecule has 0 saturated carbocycles. The number of hydrogen-bond donors (Lipinski definition) is 1. The third kappa shape index (κ3) is 2.22. The Labute approximate surface area is 102 Å². The molecule has 2 atom stereocenters. The highest BCUT2D eigenvalue weighted by Gasteiger charge is 2.39. The predicted octanol–water partition coefficient (Wildman–Crippen LogP) is 2.60. The number of rotatable bonds is 4. The van der Waals surface area contributed by atoms with Crippen LogP contribution in [-0.4, -0.2) is 13.7 Å². The van der Waals surface area contributed by atoms with Crippen LogP contribution in [0.3, 0.4) is 0 Å². The minimum absolute atomic E-state index is 0.169. The van der Waals surface area contributed by atoms with Crippen LogP contribution >= 0.6 is 0 Å². The number of halogens is 1. The van der Waals surface area contributed by atoms with Crippen molar-refractivity contribution >= 4 is 0 Å². The van der Waals surface area contributed by atoms with Gasteiger partial charge in [0, 0.05) is 19.3 Å². The van der Waals surface area contributed by atoms with Gasteiger partial charge in [0.15, 0.2) is 0 Å². The molecule has 1 aliphatic carbocycles. The molecular formula is C14H20FNO. The molecule has 1 aromatic carbocycles. The minimum atomic E-state index is -0.318. The van der Waals surface area contributed by atoms with Crippen molar-refractivity contribution in [1.29, 1.82) is 0 Å². The van der Waals surface area contributed by atoms with Gasteiger partial charge in [-0.15, -0.1) is 0 Å². The van der Waals surface area contributed by atoms with Crippen LogP contribution in [0.4, 0.5) is 4.39 Å². The lowest BCUT2D eigenvalue weighted by Gasteiger charge is -2.32. The second kappa shape index (κ2) is 4.75. The first-order chi connectivity index (χ1) is 8.08. The zero-order valence-corrected chi connectivity index (χ0v) is 10.5. The van der Waals surface area contributed by atoms with Crippen molar-refractivity contribution in [2.75, 3.05) is 13.7 Å². The van der Waals surface area contributed by atoms with E-state index in [1.807, 2.05) is 6.07 Å². The summed E-state index contributed by atoms with van der Waals surface area (Å²) >= 11 is 0. The van der Waals surface area contributed by atoms with Crippen molar-refractivity contribution in [3.05, 3.63) is 35.1 Å². The van der Waals surface area contributed by atoms with Crippen LogP contribution in [0.15, 0.2) is 18.2 Å². The van der Waals surface area contributed by atoms with E-state index < -0.39 is 0 Å². The van der Waals surface area contributed by atoms with Crippen LogP contribution in [0, 0.1) is 11.7 Å². The second-order valence-electron chi connectivity index (χ2n) is 5.02. The van der Waals surface area contributed by atoms with Gasteiger partial charge in [0.05, 0.1) is 0 Å². The van der Waals surface area contributed by atoms with Crippen LogP contribution in [0.25, 0.3) is 0 Å². The standard InChI is InChI=1S/C14H20FNO/c1-10(6-8-17-2)14(16)7-5-11-9-12(15)3-4-13(11)14/h3-4,9-10H,5-8,16H2,1-2H3. The Hall–Kier alpha value is -0.930. The van der Waals surface area contributed by atoms with Gasteiger partial charge >= 0.3 is 0 Å². The Morgan fingerprint density at radius 1 is 1.53 bits per heavy atom. The van der Waals surface area contributed by atoms with Gasteiger partial charge in [-0.25, -0.2) is 4.39 Å². The normalized spacial score (nSPS) is 24.7. The summed E-state index contributed by atoms with van der Waals surface area (Å²) in [6.45, 7) is 2.87. The number of benzene rings is 1. The van der Waals surface area contributed by atoms with Crippen LogP contribution < -0.4 is 5.73 Å². The molecule has 2 N–H and O–H groups in total. The molecule has 17 heavy (non-hydrogen) atoms. The zero-order valence-electron chi connectivity index (χ0n) is 10.5. The molecule has 2 unspecified atom stereocenters. The van der Waals surface area contributed by atoms with E-state index in [9.17, 15) is 4.39 Å². The Balaban J connectivity index is 2.24. The first-order valence-corrected chi connectivity index (χ1v) is 6.14. The molecule has 1 aromatic rings. The highest BCUT2D eigenvalue weighted by molar-refractivity contribution is 5.39. The van der Waals surface area contributed by atoms with Crippen LogP contribution in [0.5, 0.6) is 0 Å². The Kier molecular flexibility index (Phi) is 3.50. The molecule has 2 nitrogen and oxygen atoms in total. The lowest BCUT2D eigenvalue weighted by atomic mass is 9.79. The van der Waals surface area contributed by atoms with Gasteiger partial charge in [-0.2, -0.15) is 0 Å². The van der Waals surface area contributed by atoms with Crippen LogP contribution in [0.2, 0.25) is 0 Å². The number of nitrogens with two attached hydrogens (primary N) is 1. The van der Waals surface area contributed by atoms with Gasteiger partial charge in [0.2, 0.25) is 0 Å². The monoisotopic (exact) mass is 237 g/mol. The maximum Gasteiger partial charge on any atom is 0.123 e. The van der Waals surface area contributed by atoms with Gasteiger partial charge in [-0.3, -0.25) is 0 Å². The fraction of sp³-hybridized carbons (Fsp3) is 0.571. The van der Waals surface area contributed by atoms with E-state index in [0.29, 0.717) is 5.92 Å². The SMILES string of the molecule is COCCC(C)C1(N)CCc2cc(F)ccc21. The number of fused-ring (bicyclic) bond motifs is 1. The summed E-state index contributed by atoms with van der Waals surface area (Å²) in [6.07, 6.45) is 2.71. The van der Waals surface area contributed by atoms with E-state index >= 15 is 0 Å². The van der Waals surface area contributed by atoms with Crippen molar-refractivity contribution < 1.29 is 9.13 Å². The molecule has 0 spiro atoms. The van der Waals surface area contributed by atoms with Crippen molar-refractivity contribution in [3.8, 4) is 0 Å². The molecule has 1 aliphatic rings. The summed E-state index contributed by atoms with van der Waals surface area (Å²) in [5.41, 5.74) is 8.39. The molecule has 3 heteroatoms. The number of methoxy groups -OCH3 is 1. The number of ether oxygens (including phenoxy) is 1. The Morgan fingerprint density at radius 3 is 3.00 bits per heavy atom. The molecule has 0 aromatic heterocycles. The van der Waals surface area contributed by atoms with Gasteiger partial charge in [-0.1, -0.05) is 13.0 Å². The summed E-state index contributed by atoms with van der Waals surface area (Å²) in [5.74, 6) is 0.173. The van der Waals surface area contributed by atoms with Gasteiger partial charge in [-0.05, 0) is 48.4 Å². The fourth-order valence-electron chi connectivity index (χ4n) is 2.76. The average Bonchev–Trinajstić information content (AvgIpc) is 2.64. The first kappa shape index (κ1) is 12.5.